The molecule has 0 aliphatic carbocycles. The molecule has 0 saturated heterocycles. The Hall–Kier alpha value is -3.35. The van der Waals surface area contributed by atoms with Crippen LogP contribution in [0.5, 0.6) is 0 Å². The third kappa shape index (κ3) is 4.30. The summed E-state index contributed by atoms with van der Waals surface area (Å²) in [5.41, 5.74) is 2.88. The van der Waals surface area contributed by atoms with Gasteiger partial charge in [0.15, 0.2) is 0 Å². The Labute approximate surface area is 175 Å². The standard InChI is InChI=1S/C23H28N4O3/c1-5-26-19-8-6-7-9-20(19)27(23(26)30)15-21(28)24-14-17-10-12-18(13-11-17)22(29)25(4)16(2)3/h6-13,16H,5,14-15H2,1-4H3,(H,24,28). The van der Waals surface area contributed by atoms with E-state index in [2.05, 4.69) is 5.32 Å². The molecule has 0 atom stereocenters. The maximum Gasteiger partial charge on any atom is 0.329 e. The van der Waals surface area contributed by atoms with Gasteiger partial charge in [-0.1, -0.05) is 24.3 Å². The molecule has 2 aromatic carbocycles. The van der Waals surface area contributed by atoms with Gasteiger partial charge >= 0.3 is 5.69 Å². The second-order valence-electron chi connectivity index (χ2n) is 7.59. The number of imidazole rings is 1. The van der Waals surface area contributed by atoms with Crippen molar-refractivity contribution < 1.29 is 9.59 Å². The molecule has 158 valence electrons. The zero-order valence-electron chi connectivity index (χ0n) is 17.9. The summed E-state index contributed by atoms with van der Waals surface area (Å²) in [7, 11) is 1.78. The normalized spacial score (nSPS) is 11.1. The number of nitrogens with zero attached hydrogens (tertiary/aromatic N) is 3. The Morgan fingerprint density at radius 2 is 1.60 bits per heavy atom. The number of amides is 2. The quantitative estimate of drug-likeness (QED) is 0.653. The molecule has 30 heavy (non-hydrogen) atoms. The number of aromatic nitrogens is 2. The van der Waals surface area contributed by atoms with E-state index in [0.717, 1.165) is 16.6 Å². The Bertz CT molecular complexity index is 1110. The number of hydrogen-bond acceptors (Lipinski definition) is 3. The molecule has 0 unspecified atom stereocenters. The number of aryl methyl sites for hydroxylation is 1. The van der Waals surface area contributed by atoms with Gasteiger partial charge in [0.1, 0.15) is 6.54 Å². The van der Waals surface area contributed by atoms with Gasteiger partial charge in [-0.3, -0.25) is 18.7 Å². The van der Waals surface area contributed by atoms with Crippen LogP contribution in [0.1, 0.15) is 36.7 Å². The summed E-state index contributed by atoms with van der Waals surface area (Å²) in [6, 6.07) is 14.8. The molecule has 0 radical (unpaired) electrons. The lowest BCUT2D eigenvalue weighted by atomic mass is 10.1. The first-order valence-corrected chi connectivity index (χ1v) is 10.1. The second kappa shape index (κ2) is 8.98. The Morgan fingerprint density at radius 1 is 1.00 bits per heavy atom. The van der Waals surface area contributed by atoms with Crippen LogP contribution in [-0.2, 0) is 24.4 Å². The summed E-state index contributed by atoms with van der Waals surface area (Å²) in [5, 5.41) is 2.85. The van der Waals surface area contributed by atoms with Crippen LogP contribution in [0.25, 0.3) is 11.0 Å². The first-order chi connectivity index (χ1) is 14.3. The number of carbonyl (C=O) groups is 2. The molecule has 7 heteroatoms. The zero-order chi connectivity index (χ0) is 21.8. The number of hydrogen-bond donors (Lipinski definition) is 1. The molecule has 7 nitrogen and oxygen atoms in total. The molecule has 0 fully saturated rings. The van der Waals surface area contributed by atoms with Crippen molar-refractivity contribution in [1.82, 2.24) is 19.4 Å². The van der Waals surface area contributed by atoms with Gasteiger partial charge in [0.2, 0.25) is 5.91 Å². The highest BCUT2D eigenvalue weighted by Crippen LogP contribution is 2.13. The lowest BCUT2D eigenvalue weighted by Crippen LogP contribution is -2.33. The van der Waals surface area contributed by atoms with Gasteiger partial charge in [0, 0.05) is 31.7 Å². The molecule has 1 aromatic heterocycles. The van der Waals surface area contributed by atoms with Crippen LogP contribution in [-0.4, -0.2) is 38.9 Å². The molecule has 3 rings (SSSR count). The fraction of sp³-hybridized carbons (Fsp3) is 0.348. The maximum absolute atomic E-state index is 12.6. The second-order valence-corrected chi connectivity index (χ2v) is 7.59. The predicted molar refractivity (Wildman–Crippen MR) is 117 cm³/mol. The fourth-order valence-electron chi connectivity index (χ4n) is 3.33. The number of para-hydroxylation sites is 2. The van der Waals surface area contributed by atoms with Gasteiger partial charge in [-0.05, 0) is 50.6 Å². The highest BCUT2D eigenvalue weighted by atomic mass is 16.2. The van der Waals surface area contributed by atoms with Gasteiger partial charge in [-0.25, -0.2) is 4.79 Å². The van der Waals surface area contributed by atoms with Crippen molar-refractivity contribution in [3.05, 3.63) is 70.1 Å². The molecule has 0 spiro atoms. The number of rotatable bonds is 7. The van der Waals surface area contributed by atoms with Crippen LogP contribution >= 0.6 is 0 Å². The summed E-state index contributed by atoms with van der Waals surface area (Å²) in [6.45, 7) is 6.67. The number of fused-ring (bicyclic) bond motifs is 1. The molecule has 0 bridgehead atoms. The summed E-state index contributed by atoms with van der Waals surface area (Å²) in [4.78, 5) is 39.2. The zero-order valence-corrected chi connectivity index (χ0v) is 17.9. The summed E-state index contributed by atoms with van der Waals surface area (Å²) in [5.74, 6) is -0.275. The highest BCUT2D eigenvalue weighted by molar-refractivity contribution is 5.94. The summed E-state index contributed by atoms with van der Waals surface area (Å²) >= 11 is 0. The molecule has 2 amide bonds. The Kier molecular flexibility index (Phi) is 6.40. The van der Waals surface area contributed by atoms with Crippen molar-refractivity contribution in [2.75, 3.05) is 7.05 Å². The van der Waals surface area contributed by atoms with Crippen LogP contribution in [0.15, 0.2) is 53.3 Å². The van der Waals surface area contributed by atoms with Crippen molar-refractivity contribution in [1.29, 1.82) is 0 Å². The van der Waals surface area contributed by atoms with Gasteiger partial charge in [0.05, 0.1) is 11.0 Å². The minimum absolute atomic E-state index is 0.0349. The predicted octanol–water partition coefficient (Wildman–Crippen LogP) is 2.62. The third-order valence-electron chi connectivity index (χ3n) is 5.33. The minimum atomic E-state index is -0.240. The van der Waals surface area contributed by atoms with E-state index in [9.17, 15) is 14.4 Å². The first-order valence-electron chi connectivity index (χ1n) is 10.1. The SMILES string of the molecule is CCn1c(=O)n(CC(=O)NCc2ccc(C(=O)N(C)C(C)C)cc2)c2ccccc21. The van der Waals surface area contributed by atoms with Gasteiger partial charge in [-0.15, -0.1) is 0 Å². The van der Waals surface area contributed by atoms with Gasteiger partial charge in [-0.2, -0.15) is 0 Å². The van der Waals surface area contributed by atoms with E-state index in [1.807, 2.05) is 57.2 Å². The van der Waals surface area contributed by atoms with Crippen LogP contribution in [0.3, 0.4) is 0 Å². The monoisotopic (exact) mass is 408 g/mol. The van der Waals surface area contributed by atoms with Gasteiger partial charge in [0.25, 0.3) is 5.91 Å². The lowest BCUT2D eigenvalue weighted by Gasteiger charge is -2.21. The largest absolute Gasteiger partial charge is 0.350 e. The molecular formula is C23H28N4O3. The van der Waals surface area contributed by atoms with E-state index in [1.165, 1.54) is 4.57 Å². The van der Waals surface area contributed by atoms with Crippen molar-refractivity contribution in [2.24, 2.45) is 0 Å². The van der Waals surface area contributed by atoms with Crippen molar-refractivity contribution in [3.63, 3.8) is 0 Å². The molecule has 1 N–H and O–H groups in total. The van der Waals surface area contributed by atoms with Crippen molar-refractivity contribution in [2.45, 2.75) is 46.4 Å². The minimum Gasteiger partial charge on any atom is -0.350 e. The fourth-order valence-corrected chi connectivity index (χ4v) is 3.33. The molecule has 0 aliphatic rings. The van der Waals surface area contributed by atoms with Crippen LogP contribution in [0.4, 0.5) is 0 Å². The average Bonchev–Trinajstić information content (AvgIpc) is 3.02. The summed E-state index contributed by atoms with van der Waals surface area (Å²) in [6.07, 6.45) is 0. The van der Waals surface area contributed by atoms with Crippen molar-refractivity contribution >= 4 is 22.8 Å². The number of nitrogens with one attached hydrogen (secondary N) is 1. The van der Waals surface area contributed by atoms with Crippen LogP contribution < -0.4 is 11.0 Å². The number of carbonyl (C=O) groups excluding carboxylic acids is 2. The van der Waals surface area contributed by atoms with Gasteiger partial charge < -0.3 is 10.2 Å². The molecular weight excluding hydrogens is 380 g/mol. The lowest BCUT2D eigenvalue weighted by molar-refractivity contribution is -0.121. The topological polar surface area (TPSA) is 76.3 Å². The average molecular weight is 409 g/mol. The van der Waals surface area contributed by atoms with E-state index in [0.29, 0.717) is 18.7 Å². The molecule has 1 heterocycles. The Balaban J connectivity index is 1.66. The maximum atomic E-state index is 12.6. The molecule has 3 aromatic rings. The van der Waals surface area contributed by atoms with E-state index in [4.69, 9.17) is 0 Å². The van der Waals surface area contributed by atoms with E-state index in [-0.39, 0.29) is 30.1 Å². The third-order valence-corrected chi connectivity index (χ3v) is 5.33. The highest BCUT2D eigenvalue weighted by Gasteiger charge is 2.15. The summed E-state index contributed by atoms with van der Waals surface area (Å²) < 4.78 is 3.16. The van der Waals surface area contributed by atoms with E-state index < -0.39 is 0 Å². The smallest absolute Gasteiger partial charge is 0.329 e. The number of benzene rings is 2. The van der Waals surface area contributed by atoms with Crippen LogP contribution in [0, 0.1) is 0 Å². The Morgan fingerprint density at radius 3 is 2.17 bits per heavy atom. The first kappa shape index (κ1) is 21.4. The van der Waals surface area contributed by atoms with E-state index in [1.54, 1.807) is 28.6 Å². The van der Waals surface area contributed by atoms with Crippen LogP contribution in [0.2, 0.25) is 0 Å². The molecule has 0 aliphatic heterocycles. The molecule has 0 saturated carbocycles. The van der Waals surface area contributed by atoms with Crippen molar-refractivity contribution in [3.8, 4) is 0 Å². The van der Waals surface area contributed by atoms with E-state index >= 15 is 0 Å².